The van der Waals surface area contributed by atoms with Crippen molar-refractivity contribution in [1.29, 1.82) is 5.26 Å². The van der Waals surface area contributed by atoms with Gasteiger partial charge in [-0.2, -0.15) is 5.26 Å². The fraction of sp³-hybridized carbons (Fsp3) is 0.667. The summed E-state index contributed by atoms with van der Waals surface area (Å²) in [6.07, 6.45) is 6.69. The normalized spacial score (nSPS) is 20.8. The first-order chi connectivity index (χ1) is 7.56. The Hall–Kier alpha value is -1.52. The van der Waals surface area contributed by atoms with E-state index in [1.54, 1.807) is 0 Å². The molecule has 0 saturated carbocycles. The molecule has 0 unspecified atom stereocenters. The molecule has 0 aromatic rings. The van der Waals surface area contributed by atoms with E-state index < -0.39 is 17.0 Å². The van der Waals surface area contributed by atoms with Crippen LogP contribution in [0.15, 0.2) is 0 Å². The van der Waals surface area contributed by atoms with E-state index in [0.717, 1.165) is 6.42 Å². The first-order valence-electron chi connectivity index (χ1n) is 5.22. The molecule has 0 N–H and O–H groups in total. The number of nitriles is 1. The summed E-state index contributed by atoms with van der Waals surface area (Å²) in [4.78, 5) is 11.1. The van der Waals surface area contributed by atoms with Crippen LogP contribution in [0.1, 0.15) is 26.7 Å². The van der Waals surface area contributed by atoms with E-state index in [-0.39, 0.29) is 13.2 Å². The molecule has 1 atom stereocenters. The van der Waals surface area contributed by atoms with Crippen LogP contribution in [0.4, 0.5) is 0 Å². The van der Waals surface area contributed by atoms with E-state index in [0.29, 0.717) is 6.42 Å². The summed E-state index contributed by atoms with van der Waals surface area (Å²) < 4.78 is 10.3. The molecule has 0 bridgehead atoms. The average molecular weight is 221 g/mol. The van der Waals surface area contributed by atoms with Gasteiger partial charge < -0.3 is 9.47 Å². The standard InChI is InChI=1S/C12H15NO3/c1-4-6-12(5-2,16-10(3)14)11(7-13)8-15-9-11/h2H,4,6,8-9H2,1,3H3/t12-/m1/s1. The van der Waals surface area contributed by atoms with E-state index in [1.807, 2.05) is 6.92 Å². The van der Waals surface area contributed by atoms with Gasteiger partial charge in [-0.3, -0.25) is 4.79 Å². The van der Waals surface area contributed by atoms with Gasteiger partial charge in [0.05, 0.1) is 19.3 Å². The van der Waals surface area contributed by atoms with Crippen molar-refractivity contribution in [3.8, 4) is 18.4 Å². The van der Waals surface area contributed by atoms with Crippen LogP contribution in [-0.4, -0.2) is 24.8 Å². The highest BCUT2D eigenvalue weighted by molar-refractivity contribution is 5.67. The molecule has 1 saturated heterocycles. The first-order valence-corrected chi connectivity index (χ1v) is 5.22. The summed E-state index contributed by atoms with van der Waals surface area (Å²) >= 11 is 0. The number of esters is 1. The molecule has 86 valence electrons. The molecule has 0 aromatic heterocycles. The summed E-state index contributed by atoms with van der Waals surface area (Å²) in [5, 5.41) is 9.23. The van der Waals surface area contributed by atoms with Crippen molar-refractivity contribution in [3.63, 3.8) is 0 Å². The molecule has 0 spiro atoms. The summed E-state index contributed by atoms with van der Waals surface area (Å²) in [5.74, 6) is 2.03. The third kappa shape index (κ3) is 1.77. The third-order valence-corrected chi connectivity index (χ3v) is 2.84. The maximum atomic E-state index is 11.1. The Labute approximate surface area is 95.5 Å². The molecule has 0 amide bonds. The summed E-state index contributed by atoms with van der Waals surface area (Å²) in [6.45, 7) is 3.68. The second-order valence-electron chi connectivity index (χ2n) is 4.00. The third-order valence-electron chi connectivity index (χ3n) is 2.84. The highest BCUT2D eigenvalue weighted by Gasteiger charge is 2.58. The van der Waals surface area contributed by atoms with Crippen LogP contribution in [0.25, 0.3) is 0 Å². The lowest BCUT2D eigenvalue weighted by molar-refractivity contribution is -0.197. The van der Waals surface area contributed by atoms with Crippen molar-refractivity contribution >= 4 is 5.97 Å². The van der Waals surface area contributed by atoms with Gasteiger partial charge in [0.2, 0.25) is 0 Å². The Morgan fingerprint density at radius 3 is 2.56 bits per heavy atom. The Morgan fingerprint density at radius 2 is 2.31 bits per heavy atom. The molecule has 0 aromatic carbocycles. The lowest BCUT2D eigenvalue weighted by Crippen LogP contribution is -2.60. The number of nitrogens with zero attached hydrogens (tertiary/aromatic N) is 1. The number of carbonyl (C=O) groups excluding carboxylic acids is 1. The molecule has 4 heteroatoms. The van der Waals surface area contributed by atoms with Crippen LogP contribution in [0.3, 0.4) is 0 Å². The monoisotopic (exact) mass is 221 g/mol. The summed E-state index contributed by atoms with van der Waals surface area (Å²) in [7, 11) is 0. The number of terminal acetylenes is 1. The van der Waals surface area contributed by atoms with Gasteiger partial charge in [-0.15, -0.1) is 6.42 Å². The zero-order valence-corrected chi connectivity index (χ0v) is 9.58. The Morgan fingerprint density at radius 1 is 1.69 bits per heavy atom. The second kappa shape index (κ2) is 4.55. The predicted molar refractivity (Wildman–Crippen MR) is 57.1 cm³/mol. The van der Waals surface area contributed by atoms with Crippen LogP contribution < -0.4 is 0 Å². The smallest absolute Gasteiger partial charge is 0.304 e. The Bertz CT molecular complexity index is 359. The van der Waals surface area contributed by atoms with Crippen molar-refractivity contribution in [2.45, 2.75) is 32.3 Å². The molecule has 1 fully saturated rings. The van der Waals surface area contributed by atoms with E-state index in [1.165, 1.54) is 6.92 Å². The predicted octanol–water partition coefficient (Wildman–Crippen LogP) is 1.26. The average Bonchev–Trinajstić information content (AvgIpc) is 2.16. The van der Waals surface area contributed by atoms with E-state index in [4.69, 9.17) is 15.9 Å². The Kier molecular flexibility index (Phi) is 3.57. The van der Waals surface area contributed by atoms with Crippen molar-refractivity contribution in [2.24, 2.45) is 5.41 Å². The summed E-state index contributed by atoms with van der Waals surface area (Å²) in [5.41, 5.74) is -2.04. The number of carbonyl (C=O) groups is 1. The molecule has 16 heavy (non-hydrogen) atoms. The summed E-state index contributed by atoms with van der Waals surface area (Å²) in [6, 6.07) is 2.15. The van der Waals surface area contributed by atoms with E-state index in [9.17, 15) is 10.1 Å². The first kappa shape index (κ1) is 12.5. The topological polar surface area (TPSA) is 59.3 Å². The van der Waals surface area contributed by atoms with Gasteiger partial charge in [-0.05, 0) is 0 Å². The van der Waals surface area contributed by atoms with Gasteiger partial charge in [0.25, 0.3) is 0 Å². The number of ether oxygens (including phenoxy) is 2. The molecule has 0 aliphatic carbocycles. The minimum absolute atomic E-state index is 0.223. The molecular weight excluding hydrogens is 206 g/mol. The van der Waals surface area contributed by atoms with Crippen molar-refractivity contribution in [3.05, 3.63) is 0 Å². The molecule has 0 radical (unpaired) electrons. The van der Waals surface area contributed by atoms with Gasteiger partial charge in [0.15, 0.2) is 11.0 Å². The van der Waals surface area contributed by atoms with Crippen LogP contribution in [0, 0.1) is 29.1 Å². The van der Waals surface area contributed by atoms with Gasteiger partial charge in [-0.1, -0.05) is 19.3 Å². The fourth-order valence-electron chi connectivity index (χ4n) is 1.92. The minimum atomic E-state index is -1.15. The molecule has 1 aliphatic rings. The maximum absolute atomic E-state index is 11.1. The van der Waals surface area contributed by atoms with Crippen LogP contribution in [-0.2, 0) is 14.3 Å². The van der Waals surface area contributed by atoms with Gasteiger partial charge in [0.1, 0.15) is 0 Å². The zero-order chi connectivity index (χ0) is 12.2. The van der Waals surface area contributed by atoms with Crippen molar-refractivity contribution in [2.75, 3.05) is 13.2 Å². The quantitative estimate of drug-likeness (QED) is 0.529. The molecule has 1 heterocycles. The fourth-order valence-corrected chi connectivity index (χ4v) is 1.92. The number of rotatable bonds is 4. The van der Waals surface area contributed by atoms with Crippen LogP contribution >= 0.6 is 0 Å². The molecule has 1 aliphatic heterocycles. The van der Waals surface area contributed by atoms with Crippen LogP contribution in [0.2, 0.25) is 0 Å². The second-order valence-corrected chi connectivity index (χ2v) is 4.00. The van der Waals surface area contributed by atoms with E-state index >= 15 is 0 Å². The van der Waals surface area contributed by atoms with Crippen molar-refractivity contribution < 1.29 is 14.3 Å². The van der Waals surface area contributed by atoms with Crippen molar-refractivity contribution in [1.82, 2.24) is 0 Å². The number of hydrogen-bond donors (Lipinski definition) is 0. The zero-order valence-electron chi connectivity index (χ0n) is 9.58. The lowest BCUT2D eigenvalue weighted by atomic mass is 9.69. The molecular formula is C12H15NO3. The van der Waals surface area contributed by atoms with E-state index in [2.05, 4.69) is 12.0 Å². The number of hydrogen-bond acceptors (Lipinski definition) is 4. The molecule has 4 nitrogen and oxygen atoms in total. The van der Waals surface area contributed by atoms with Gasteiger partial charge >= 0.3 is 5.97 Å². The van der Waals surface area contributed by atoms with Gasteiger partial charge in [-0.25, -0.2) is 0 Å². The van der Waals surface area contributed by atoms with Gasteiger partial charge in [0, 0.05) is 13.3 Å². The largest absolute Gasteiger partial charge is 0.444 e. The maximum Gasteiger partial charge on any atom is 0.304 e. The lowest BCUT2D eigenvalue weighted by Gasteiger charge is -2.46. The minimum Gasteiger partial charge on any atom is -0.444 e. The SMILES string of the molecule is C#C[C@](CCC)(OC(C)=O)C1(C#N)COC1. The molecule has 1 rings (SSSR count). The Balaban J connectivity index is 3.07. The van der Waals surface area contributed by atoms with Crippen LogP contribution in [0.5, 0.6) is 0 Å². The highest BCUT2D eigenvalue weighted by atomic mass is 16.6. The highest BCUT2D eigenvalue weighted by Crippen LogP contribution is 2.43.